The van der Waals surface area contributed by atoms with Crippen LogP contribution >= 0.6 is 0 Å². The van der Waals surface area contributed by atoms with Crippen LogP contribution in [-0.2, 0) is 17.6 Å². The summed E-state index contributed by atoms with van der Waals surface area (Å²) in [6.45, 7) is 0.495. The number of aromatic nitrogens is 3. The fourth-order valence-electron chi connectivity index (χ4n) is 2.27. The lowest BCUT2D eigenvalue weighted by atomic mass is 10.1. The molecule has 0 saturated heterocycles. The highest BCUT2D eigenvalue weighted by Gasteiger charge is 2.10. The van der Waals surface area contributed by atoms with Gasteiger partial charge in [0, 0.05) is 31.8 Å². The number of halogens is 1. The summed E-state index contributed by atoms with van der Waals surface area (Å²) >= 11 is 0. The van der Waals surface area contributed by atoms with Gasteiger partial charge in [0.25, 0.3) is 0 Å². The number of aryl methyl sites for hydroxylation is 1. The Morgan fingerprint density at radius 3 is 2.72 bits per heavy atom. The van der Waals surface area contributed by atoms with Crippen LogP contribution in [0.5, 0.6) is 0 Å². The Hall–Kier alpha value is -3.09. The van der Waals surface area contributed by atoms with E-state index in [2.05, 4.69) is 20.5 Å². The fraction of sp³-hybridized carbons (Fsp3) is 0.222. The number of hydrogen-bond acceptors (Lipinski definition) is 5. The Balaban J connectivity index is 1.42. The Kier molecular flexibility index (Phi) is 5.46. The molecule has 128 valence electrons. The molecule has 6 nitrogen and oxygen atoms in total. The molecule has 1 N–H and O–H groups in total. The van der Waals surface area contributed by atoms with Gasteiger partial charge in [-0.2, -0.15) is 0 Å². The van der Waals surface area contributed by atoms with Gasteiger partial charge in [-0.3, -0.25) is 9.78 Å². The van der Waals surface area contributed by atoms with Crippen LogP contribution in [0, 0.1) is 5.82 Å². The van der Waals surface area contributed by atoms with E-state index in [1.165, 1.54) is 12.1 Å². The number of nitrogens with one attached hydrogen (secondary N) is 1. The Bertz CT molecular complexity index is 819. The summed E-state index contributed by atoms with van der Waals surface area (Å²) in [5.74, 6) is 0.439. The first-order valence-electron chi connectivity index (χ1n) is 7.94. The lowest BCUT2D eigenvalue weighted by Gasteiger charge is -2.04. The van der Waals surface area contributed by atoms with Crippen LogP contribution in [-0.4, -0.2) is 27.6 Å². The molecule has 0 saturated carbocycles. The number of carbonyl (C=O) groups is 1. The van der Waals surface area contributed by atoms with Gasteiger partial charge in [0.2, 0.25) is 17.7 Å². The van der Waals surface area contributed by atoms with E-state index in [1.54, 1.807) is 30.6 Å². The maximum atomic E-state index is 12.8. The second kappa shape index (κ2) is 8.14. The molecule has 3 aromatic rings. The number of amides is 1. The number of pyridine rings is 1. The zero-order valence-electron chi connectivity index (χ0n) is 13.5. The van der Waals surface area contributed by atoms with Crippen molar-refractivity contribution in [2.24, 2.45) is 0 Å². The van der Waals surface area contributed by atoms with Crippen LogP contribution in [0.4, 0.5) is 4.39 Å². The number of carbonyl (C=O) groups excluding carboxylic acids is 1. The molecular weight excluding hydrogens is 323 g/mol. The summed E-state index contributed by atoms with van der Waals surface area (Å²) in [5, 5.41) is 10.7. The first kappa shape index (κ1) is 16.8. The minimum Gasteiger partial charge on any atom is -0.421 e. The van der Waals surface area contributed by atoms with E-state index in [0.717, 1.165) is 11.1 Å². The molecule has 1 amide bonds. The van der Waals surface area contributed by atoms with Crippen molar-refractivity contribution in [1.82, 2.24) is 20.5 Å². The van der Waals surface area contributed by atoms with E-state index in [4.69, 9.17) is 4.42 Å². The highest BCUT2D eigenvalue weighted by atomic mass is 19.1. The van der Waals surface area contributed by atoms with Gasteiger partial charge >= 0.3 is 0 Å². The van der Waals surface area contributed by atoms with Gasteiger partial charge in [0.1, 0.15) is 5.82 Å². The lowest BCUT2D eigenvalue weighted by molar-refractivity contribution is -0.121. The fourth-order valence-corrected chi connectivity index (χ4v) is 2.27. The predicted octanol–water partition coefficient (Wildman–Crippen LogP) is 2.56. The molecule has 2 heterocycles. The summed E-state index contributed by atoms with van der Waals surface area (Å²) < 4.78 is 18.3. The van der Waals surface area contributed by atoms with Crippen LogP contribution in [0.2, 0.25) is 0 Å². The van der Waals surface area contributed by atoms with Crippen LogP contribution < -0.4 is 5.32 Å². The average Bonchev–Trinajstić information content (AvgIpc) is 3.11. The van der Waals surface area contributed by atoms with E-state index >= 15 is 0 Å². The maximum absolute atomic E-state index is 12.8. The van der Waals surface area contributed by atoms with Crippen molar-refractivity contribution >= 4 is 5.91 Å². The first-order chi connectivity index (χ1) is 12.2. The molecule has 0 aliphatic heterocycles. The van der Waals surface area contributed by atoms with Gasteiger partial charge in [-0.25, -0.2) is 4.39 Å². The predicted molar refractivity (Wildman–Crippen MR) is 89.0 cm³/mol. The van der Waals surface area contributed by atoms with Crippen molar-refractivity contribution in [3.8, 4) is 11.5 Å². The molecule has 0 bridgehead atoms. The minimum absolute atomic E-state index is 0.0942. The van der Waals surface area contributed by atoms with E-state index in [0.29, 0.717) is 31.2 Å². The molecule has 0 radical (unpaired) electrons. The zero-order valence-corrected chi connectivity index (χ0v) is 13.5. The third-order valence-corrected chi connectivity index (χ3v) is 3.59. The summed E-state index contributed by atoms with van der Waals surface area (Å²) in [4.78, 5) is 15.9. The third-order valence-electron chi connectivity index (χ3n) is 3.59. The van der Waals surface area contributed by atoms with E-state index in [9.17, 15) is 9.18 Å². The first-order valence-corrected chi connectivity index (χ1v) is 7.94. The second-order valence-corrected chi connectivity index (χ2v) is 5.47. The van der Waals surface area contributed by atoms with Gasteiger partial charge in [-0.05, 0) is 36.2 Å². The smallest absolute Gasteiger partial charge is 0.249 e. The van der Waals surface area contributed by atoms with Gasteiger partial charge < -0.3 is 9.73 Å². The molecule has 0 aliphatic carbocycles. The second-order valence-electron chi connectivity index (χ2n) is 5.47. The SMILES string of the molecule is O=C(CCc1nnc(-c2cccnc2)o1)NCCc1ccc(F)cc1. The summed E-state index contributed by atoms with van der Waals surface area (Å²) in [7, 11) is 0. The normalized spacial score (nSPS) is 10.6. The summed E-state index contributed by atoms with van der Waals surface area (Å²) in [5.41, 5.74) is 1.71. The van der Waals surface area contributed by atoms with E-state index in [-0.39, 0.29) is 18.1 Å². The van der Waals surface area contributed by atoms with Crippen LogP contribution in [0.1, 0.15) is 17.9 Å². The molecule has 0 atom stereocenters. The molecule has 0 unspecified atom stereocenters. The highest BCUT2D eigenvalue weighted by molar-refractivity contribution is 5.76. The van der Waals surface area contributed by atoms with Crippen LogP contribution in [0.3, 0.4) is 0 Å². The van der Waals surface area contributed by atoms with Crippen molar-refractivity contribution < 1.29 is 13.6 Å². The summed E-state index contributed by atoms with van der Waals surface area (Å²) in [6, 6.07) is 9.85. The Labute approximate surface area is 144 Å². The molecule has 0 spiro atoms. The van der Waals surface area contributed by atoms with Gasteiger partial charge in [0.15, 0.2) is 0 Å². The molecule has 7 heteroatoms. The molecule has 25 heavy (non-hydrogen) atoms. The minimum atomic E-state index is -0.266. The number of benzene rings is 1. The zero-order chi connectivity index (χ0) is 17.5. The van der Waals surface area contributed by atoms with E-state index in [1.807, 2.05) is 6.07 Å². The topological polar surface area (TPSA) is 80.9 Å². The van der Waals surface area contributed by atoms with Crippen molar-refractivity contribution in [1.29, 1.82) is 0 Å². The van der Waals surface area contributed by atoms with Crippen molar-refractivity contribution in [2.45, 2.75) is 19.3 Å². The van der Waals surface area contributed by atoms with E-state index < -0.39 is 0 Å². The van der Waals surface area contributed by atoms with Crippen molar-refractivity contribution in [3.05, 3.63) is 66.1 Å². The number of nitrogens with zero attached hydrogens (tertiary/aromatic N) is 3. The lowest BCUT2D eigenvalue weighted by Crippen LogP contribution is -2.25. The molecule has 1 aromatic carbocycles. The van der Waals surface area contributed by atoms with Gasteiger partial charge in [0.05, 0.1) is 5.56 Å². The standard InChI is InChI=1S/C18H17FN4O2/c19-15-5-3-13(4-6-15)9-11-21-16(24)7-8-17-22-23-18(25-17)14-2-1-10-20-12-14/h1-6,10,12H,7-9,11H2,(H,21,24). The molecule has 0 fully saturated rings. The van der Waals surface area contributed by atoms with Crippen molar-refractivity contribution in [3.63, 3.8) is 0 Å². The maximum Gasteiger partial charge on any atom is 0.249 e. The number of rotatable bonds is 7. The van der Waals surface area contributed by atoms with Crippen LogP contribution in [0.15, 0.2) is 53.2 Å². The third kappa shape index (κ3) is 4.94. The quantitative estimate of drug-likeness (QED) is 0.715. The van der Waals surface area contributed by atoms with Gasteiger partial charge in [-0.1, -0.05) is 12.1 Å². The summed E-state index contributed by atoms with van der Waals surface area (Å²) in [6.07, 6.45) is 4.59. The molecule has 2 aromatic heterocycles. The number of hydrogen-bond donors (Lipinski definition) is 1. The largest absolute Gasteiger partial charge is 0.421 e. The molecule has 3 rings (SSSR count). The molecule has 0 aliphatic rings. The monoisotopic (exact) mass is 340 g/mol. The molecular formula is C18H17FN4O2. The average molecular weight is 340 g/mol. The highest BCUT2D eigenvalue weighted by Crippen LogP contribution is 2.16. The van der Waals surface area contributed by atoms with Gasteiger partial charge in [-0.15, -0.1) is 10.2 Å². The Morgan fingerprint density at radius 2 is 1.96 bits per heavy atom. The van der Waals surface area contributed by atoms with Crippen LogP contribution in [0.25, 0.3) is 11.5 Å². The Morgan fingerprint density at radius 1 is 1.12 bits per heavy atom. The van der Waals surface area contributed by atoms with Crippen molar-refractivity contribution in [2.75, 3.05) is 6.54 Å².